The molecule has 3 unspecified atom stereocenters. The van der Waals surface area contributed by atoms with Gasteiger partial charge in [0.05, 0.1) is 6.04 Å². The monoisotopic (exact) mass is 461 g/mol. The first-order valence-corrected chi connectivity index (χ1v) is 10.1. The zero-order valence-electron chi connectivity index (χ0n) is 17.6. The van der Waals surface area contributed by atoms with Crippen molar-refractivity contribution in [2.24, 2.45) is 11.8 Å². The Labute approximate surface area is 182 Å². The molecule has 3 amide bonds. The number of ether oxygens (including phenoxy) is 1. The molecule has 0 radical (unpaired) electrons. The van der Waals surface area contributed by atoms with Gasteiger partial charge in [0, 0.05) is 24.9 Å². The summed E-state index contributed by atoms with van der Waals surface area (Å²) in [6.45, 7) is 2.68. The minimum Gasteiger partial charge on any atom is -0.356 e. The van der Waals surface area contributed by atoms with E-state index >= 15 is 0 Å². The van der Waals surface area contributed by atoms with E-state index < -0.39 is 48.7 Å². The number of hydrogen-bond acceptors (Lipinski definition) is 6. The summed E-state index contributed by atoms with van der Waals surface area (Å²) in [5, 5.41) is 11.2. The number of amides is 3. The molecular weight excluding hydrogens is 435 g/mol. The molecule has 0 spiro atoms. The van der Waals surface area contributed by atoms with Crippen molar-refractivity contribution in [2.75, 3.05) is 13.2 Å². The lowest BCUT2D eigenvalue weighted by molar-refractivity contribution is -0.321. The standard InChI is InChI=1S/C19H26F3N5O5/c1-11(2)8-14(26-18(31)27-7-3-5-24-27)17(30)25-13(9-12-4-6-23-16(12)29)15(28)10-32-19(20,21)22/h3,5,7,11-14H,4,6,8-10H2,1-2H3,(H,23,29)(H,25,30)(H,26,31). The van der Waals surface area contributed by atoms with Crippen LogP contribution in [0, 0.1) is 11.8 Å². The van der Waals surface area contributed by atoms with Crippen LogP contribution in [0.3, 0.4) is 0 Å². The smallest absolute Gasteiger partial charge is 0.356 e. The molecule has 1 aliphatic heterocycles. The lowest BCUT2D eigenvalue weighted by atomic mass is 9.95. The average Bonchev–Trinajstić information content (AvgIpc) is 3.36. The molecule has 1 saturated heterocycles. The Morgan fingerprint density at radius 2 is 2.00 bits per heavy atom. The molecule has 178 valence electrons. The molecule has 3 N–H and O–H groups in total. The van der Waals surface area contributed by atoms with Crippen LogP contribution in [0.2, 0.25) is 0 Å². The fourth-order valence-corrected chi connectivity index (χ4v) is 3.26. The van der Waals surface area contributed by atoms with E-state index in [4.69, 9.17) is 0 Å². The van der Waals surface area contributed by atoms with Crippen LogP contribution in [0.4, 0.5) is 18.0 Å². The molecule has 32 heavy (non-hydrogen) atoms. The summed E-state index contributed by atoms with van der Waals surface area (Å²) in [4.78, 5) is 49.5. The van der Waals surface area contributed by atoms with Gasteiger partial charge >= 0.3 is 12.4 Å². The summed E-state index contributed by atoms with van der Waals surface area (Å²) in [6, 6.07) is -1.65. The number of alkyl halides is 3. The van der Waals surface area contributed by atoms with Gasteiger partial charge in [-0.1, -0.05) is 13.8 Å². The number of rotatable bonds is 10. The van der Waals surface area contributed by atoms with E-state index in [1.165, 1.54) is 18.5 Å². The second-order valence-corrected chi connectivity index (χ2v) is 7.86. The fraction of sp³-hybridized carbons (Fsp3) is 0.632. The number of ketones is 1. The molecule has 1 aliphatic rings. The van der Waals surface area contributed by atoms with Gasteiger partial charge in [0.25, 0.3) is 0 Å². The van der Waals surface area contributed by atoms with Crippen molar-refractivity contribution in [1.82, 2.24) is 25.7 Å². The quantitative estimate of drug-likeness (QED) is 0.476. The lowest BCUT2D eigenvalue weighted by Crippen LogP contribution is -2.54. The molecule has 0 aliphatic carbocycles. The first kappa shape index (κ1) is 25.3. The molecule has 0 bridgehead atoms. The minimum atomic E-state index is -5.02. The number of carbonyl (C=O) groups excluding carboxylic acids is 4. The number of nitrogens with one attached hydrogen (secondary N) is 3. The fourth-order valence-electron chi connectivity index (χ4n) is 3.26. The predicted octanol–water partition coefficient (Wildman–Crippen LogP) is 0.972. The van der Waals surface area contributed by atoms with Gasteiger partial charge in [-0.3, -0.25) is 19.1 Å². The first-order chi connectivity index (χ1) is 15.0. The molecule has 13 heteroatoms. The summed E-state index contributed by atoms with van der Waals surface area (Å²) < 4.78 is 41.7. The molecule has 2 heterocycles. The lowest BCUT2D eigenvalue weighted by Gasteiger charge is -2.25. The number of hydrogen-bond donors (Lipinski definition) is 3. The molecule has 10 nitrogen and oxygen atoms in total. The number of aromatic nitrogens is 2. The largest absolute Gasteiger partial charge is 0.522 e. The highest BCUT2D eigenvalue weighted by atomic mass is 19.4. The van der Waals surface area contributed by atoms with Gasteiger partial charge in [-0.2, -0.15) is 9.78 Å². The highest BCUT2D eigenvalue weighted by Gasteiger charge is 2.36. The average molecular weight is 461 g/mol. The first-order valence-electron chi connectivity index (χ1n) is 10.1. The summed E-state index contributed by atoms with van der Waals surface area (Å²) in [5.74, 6) is -2.82. The van der Waals surface area contributed by atoms with E-state index in [2.05, 4.69) is 25.8 Å². The van der Waals surface area contributed by atoms with Gasteiger partial charge in [-0.05, 0) is 31.2 Å². The van der Waals surface area contributed by atoms with Crippen LogP contribution in [-0.4, -0.2) is 65.0 Å². The van der Waals surface area contributed by atoms with Crippen LogP contribution in [-0.2, 0) is 19.1 Å². The van der Waals surface area contributed by atoms with Gasteiger partial charge in [0.15, 0.2) is 5.78 Å². The molecule has 0 saturated carbocycles. The van der Waals surface area contributed by atoms with Gasteiger partial charge in [-0.15, -0.1) is 13.2 Å². The van der Waals surface area contributed by atoms with E-state index in [0.29, 0.717) is 13.0 Å². The highest BCUT2D eigenvalue weighted by molar-refractivity contribution is 5.93. The topological polar surface area (TPSA) is 131 Å². The Morgan fingerprint density at radius 3 is 2.53 bits per heavy atom. The van der Waals surface area contributed by atoms with Crippen molar-refractivity contribution in [2.45, 2.75) is 51.6 Å². The maximum atomic E-state index is 12.9. The molecule has 2 rings (SSSR count). The van der Waals surface area contributed by atoms with E-state index in [1.54, 1.807) is 0 Å². The molecule has 0 aromatic carbocycles. The summed E-state index contributed by atoms with van der Waals surface area (Å²) in [5.41, 5.74) is 0. The van der Waals surface area contributed by atoms with Crippen LogP contribution in [0.5, 0.6) is 0 Å². The van der Waals surface area contributed by atoms with Gasteiger partial charge in [0.2, 0.25) is 11.8 Å². The van der Waals surface area contributed by atoms with Crippen molar-refractivity contribution in [1.29, 1.82) is 0 Å². The number of carbonyl (C=O) groups is 4. The van der Waals surface area contributed by atoms with Crippen molar-refractivity contribution in [3.05, 3.63) is 18.5 Å². The molecular formula is C19H26F3N5O5. The maximum absolute atomic E-state index is 12.9. The summed E-state index contributed by atoms with van der Waals surface area (Å²) >= 11 is 0. The van der Waals surface area contributed by atoms with Crippen LogP contribution < -0.4 is 16.0 Å². The predicted molar refractivity (Wildman–Crippen MR) is 104 cm³/mol. The Balaban J connectivity index is 2.12. The molecule has 1 fully saturated rings. The zero-order chi connectivity index (χ0) is 23.9. The van der Waals surface area contributed by atoms with Crippen LogP contribution in [0.1, 0.15) is 33.1 Å². The SMILES string of the molecule is CC(C)CC(NC(=O)n1cccn1)C(=O)NC(CC1CCNC1=O)C(=O)COC(F)(F)F. The Hall–Kier alpha value is -2.96. The van der Waals surface area contributed by atoms with E-state index in [-0.39, 0.29) is 24.7 Å². The van der Waals surface area contributed by atoms with E-state index in [9.17, 15) is 32.3 Å². The van der Waals surface area contributed by atoms with Crippen LogP contribution in [0.25, 0.3) is 0 Å². The molecule has 3 atom stereocenters. The van der Waals surface area contributed by atoms with Crippen molar-refractivity contribution >= 4 is 23.6 Å². The Bertz CT molecular complexity index is 813. The summed E-state index contributed by atoms with van der Waals surface area (Å²) in [7, 11) is 0. The molecule has 1 aromatic rings. The third-order valence-corrected chi connectivity index (χ3v) is 4.80. The second-order valence-electron chi connectivity index (χ2n) is 7.86. The van der Waals surface area contributed by atoms with Gasteiger partial charge < -0.3 is 16.0 Å². The zero-order valence-corrected chi connectivity index (χ0v) is 17.6. The Morgan fingerprint density at radius 1 is 1.28 bits per heavy atom. The van der Waals surface area contributed by atoms with Crippen molar-refractivity contribution < 1.29 is 37.1 Å². The maximum Gasteiger partial charge on any atom is 0.522 e. The van der Waals surface area contributed by atoms with Gasteiger partial charge in [0.1, 0.15) is 12.6 Å². The van der Waals surface area contributed by atoms with Crippen LogP contribution >= 0.6 is 0 Å². The molecule has 1 aromatic heterocycles. The summed E-state index contributed by atoms with van der Waals surface area (Å²) in [6.07, 6.45) is -1.88. The Kier molecular flexibility index (Phi) is 8.75. The van der Waals surface area contributed by atoms with Gasteiger partial charge in [-0.25, -0.2) is 4.79 Å². The normalized spacial score (nSPS) is 18.2. The number of nitrogens with zero attached hydrogens (tertiary/aromatic N) is 2. The van der Waals surface area contributed by atoms with E-state index in [1.807, 2.05) is 13.8 Å². The third-order valence-electron chi connectivity index (χ3n) is 4.80. The highest BCUT2D eigenvalue weighted by Crippen LogP contribution is 2.19. The van der Waals surface area contributed by atoms with E-state index in [0.717, 1.165) is 4.68 Å². The minimum absolute atomic E-state index is 0.0352. The number of halogens is 3. The number of Topliss-reactive ketones (excluding diaryl/α,β-unsaturated/α-hetero) is 1. The van der Waals surface area contributed by atoms with Crippen molar-refractivity contribution in [3.63, 3.8) is 0 Å². The van der Waals surface area contributed by atoms with Crippen molar-refractivity contribution in [3.8, 4) is 0 Å². The second kappa shape index (κ2) is 11.1. The van der Waals surface area contributed by atoms with Crippen LogP contribution in [0.15, 0.2) is 18.5 Å². The third kappa shape index (κ3) is 7.94.